The van der Waals surface area contributed by atoms with Gasteiger partial charge in [0.25, 0.3) is 0 Å². The Morgan fingerprint density at radius 2 is 1.89 bits per heavy atom. The summed E-state index contributed by atoms with van der Waals surface area (Å²) in [6.07, 6.45) is -1.81. The third-order valence-corrected chi connectivity index (χ3v) is 4.20. The van der Waals surface area contributed by atoms with Gasteiger partial charge in [0.1, 0.15) is 16.9 Å². The zero-order valence-corrected chi connectivity index (χ0v) is 16.4. The SMILES string of the molecule is CCNC(=O)C(C)(C)n1ncc(Nc2ncc(C(F)(F)F)c(NC)n2)c1CC. The fraction of sp³-hybridized carbons (Fsp3) is 0.529. The Morgan fingerprint density at radius 1 is 1.21 bits per heavy atom. The van der Waals surface area contributed by atoms with Gasteiger partial charge in [-0.2, -0.15) is 23.3 Å². The lowest BCUT2D eigenvalue weighted by Gasteiger charge is -2.26. The molecule has 0 aliphatic rings. The van der Waals surface area contributed by atoms with E-state index in [0.717, 1.165) is 6.20 Å². The normalized spacial score (nSPS) is 12.0. The molecule has 0 aliphatic carbocycles. The maximum atomic E-state index is 13.0. The van der Waals surface area contributed by atoms with Crippen LogP contribution in [-0.2, 0) is 22.9 Å². The van der Waals surface area contributed by atoms with E-state index in [9.17, 15) is 18.0 Å². The van der Waals surface area contributed by atoms with Gasteiger partial charge in [-0.3, -0.25) is 9.48 Å². The van der Waals surface area contributed by atoms with E-state index < -0.39 is 17.3 Å². The second-order valence-corrected chi connectivity index (χ2v) is 6.52. The molecular weight excluding hydrogens is 375 g/mol. The van der Waals surface area contributed by atoms with Crippen LogP contribution in [0, 0.1) is 0 Å². The van der Waals surface area contributed by atoms with E-state index in [1.54, 1.807) is 18.5 Å². The number of aromatic nitrogens is 4. The van der Waals surface area contributed by atoms with Crippen molar-refractivity contribution >= 4 is 23.4 Å². The van der Waals surface area contributed by atoms with Gasteiger partial charge in [0.2, 0.25) is 11.9 Å². The number of hydrogen-bond donors (Lipinski definition) is 3. The van der Waals surface area contributed by atoms with Crippen LogP contribution < -0.4 is 16.0 Å². The fourth-order valence-electron chi connectivity index (χ4n) is 2.73. The van der Waals surface area contributed by atoms with Crippen molar-refractivity contribution in [1.29, 1.82) is 0 Å². The Labute approximate surface area is 160 Å². The molecule has 2 rings (SSSR count). The molecule has 0 unspecified atom stereocenters. The van der Waals surface area contributed by atoms with Gasteiger partial charge in [-0.1, -0.05) is 6.92 Å². The van der Waals surface area contributed by atoms with Gasteiger partial charge in [0, 0.05) is 19.8 Å². The Bertz CT molecular complexity index is 846. The lowest BCUT2D eigenvalue weighted by atomic mass is 10.0. The van der Waals surface area contributed by atoms with E-state index in [1.807, 2.05) is 13.8 Å². The number of halogens is 3. The summed E-state index contributed by atoms with van der Waals surface area (Å²) in [5.74, 6) is -0.539. The maximum absolute atomic E-state index is 13.0. The van der Waals surface area contributed by atoms with Crippen LogP contribution >= 0.6 is 0 Å². The lowest BCUT2D eigenvalue weighted by molar-refractivity contribution is -0.137. The number of carbonyl (C=O) groups is 1. The largest absolute Gasteiger partial charge is 0.421 e. The van der Waals surface area contributed by atoms with Crippen LogP contribution in [0.1, 0.15) is 39.0 Å². The summed E-state index contributed by atoms with van der Waals surface area (Å²) in [5.41, 5.74) is -0.685. The van der Waals surface area contributed by atoms with Crippen LogP contribution in [-0.4, -0.2) is 39.2 Å². The first-order valence-electron chi connectivity index (χ1n) is 8.80. The van der Waals surface area contributed by atoms with Crippen LogP contribution in [0.5, 0.6) is 0 Å². The summed E-state index contributed by atoms with van der Waals surface area (Å²) in [7, 11) is 1.35. The van der Waals surface area contributed by atoms with Gasteiger partial charge in [0.05, 0.1) is 17.6 Å². The quantitative estimate of drug-likeness (QED) is 0.663. The highest BCUT2D eigenvalue weighted by Gasteiger charge is 2.35. The molecule has 0 bridgehead atoms. The molecule has 11 heteroatoms. The molecule has 0 fully saturated rings. The highest BCUT2D eigenvalue weighted by Crippen LogP contribution is 2.34. The van der Waals surface area contributed by atoms with Gasteiger partial charge in [0.15, 0.2) is 0 Å². The standard InChI is InChI=1S/C17H24F3N7O/c1-6-12-11(9-24-27(12)16(3,4)14(28)22-7-2)25-15-23-8-10(17(18,19)20)13(21-5)26-15/h8-9H,6-7H2,1-5H3,(H,22,28)(H2,21,23,25,26). The molecule has 3 N–H and O–H groups in total. The molecule has 2 aromatic heterocycles. The summed E-state index contributed by atoms with van der Waals surface area (Å²) in [6.45, 7) is 7.68. The van der Waals surface area contributed by atoms with Crippen molar-refractivity contribution in [2.24, 2.45) is 0 Å². The number of anilines is 3. The molecule has 0 radical (unpaired) electrons. The van der Waals surface area contributed by atoms with Crippen molar-refractivity contribution in [3.63, 3.8) is 0 Å². The first-order chi connectivity index (χ1) is 13.1. The maximum Gasteiger partial charge on any atom is 0.421 e. The number of rotatable bonds is 7. The minimum Gasteiger partial charge on any atom is -0.372 e. The van der Waals surface area contributed by atoms with Crippen molar-refractivity contribution in [2.45, 2.75) is 45.8 Å². The van der Waals surface area contributed by atoms with Gasteiger partial charge in [-0.15, -0.1) is 0 Å². The molecule has 0 aromatic carbocycles. The van der Waals surface area contributed by atoms with E-state index in [4.69, 9.17) is 0 Å². The molecule has 0 atom stereocenters. The van der Waals surface area contributed by atoms with Crippen LogP contribution in [0.25, 0.3) is 0 Å². The van der Waals surface area contributed by atoms with E-state index in [0.29, 0.717) is 24.3 Å². The van der Waals surface area contributed by atoms with Crippen LogP contribution in [0.4, 0.5) is 30.6 Å². The van der Waals surface area contributed by atoms with Crippen molar-refractivity contribution in [3.8, 4) is 0 Å². The molecule has 0 saturated heterocycles. The average Bonchev–Trinajstić information content (AvgIpc) is 3.04. The van der Waals surface area contributed by atoms with Crippen LogP contribution in [0.3, 0.4) is 0 Å². The zero-order chi connectivity index (χ0) is 21.1. The zero-order valence-electron chi connectivity index (χ0n) is 16.4. The van der Waals surface area contributed by atoms with Crippen LogP contribution in [0.15, 0.2) is 12.4 Å². The molecule has 0 saturated carbocycles. The predicted molar refractivity (Wildman–Crippen MR) is 99.5 cm³/mol. The number of likely N-dealkylation sites (N-methyl/N-ethyl adjacent to an activating group) is 1. The lowest BCUT2D eigenvalue weighted by Crippen LogP contribution is -2.45. The number of hydrogen-bond acceptors (Lipinski definition) is 6. The van der Waals surface area contributed by atoms with E-state index in [-0.39, 0.29) is 17.7 Å². The van der Waals surface area contributed by atoms with Crippen LogP contribution in [0.2, 0.25) is 0 Å². The third kappa shape index (κ3) is 4.18. The second-order valence-electron chi connectivity index (χ2n) is 6.52. The topological polar surface area (TPSA) is 96.8 Å². The predicted octanol–water partition coefficient (Wildman–Crippen LogP) is 2.91. The Hall–Kier alpha value is -2.85. The summed E-state index contributed by atoms with van der Waals surface area (Å²) in [4.78, 5) is 20.0. The van der Waals surface area contributed by atoms with Gasteiger partial charge >= 0.3 is 6.18 Å². The monoisotopic (exact) mass is 399 g/mol. The first-order valence-corrected chi connectivity index (χ1v) is 8.80. The number of nitrogens with one attached hydrogen (secondary N) is 3. The number of nitrogens with zero attached hydrogens (tertiary/aromatic N) is 4. The number of alkyl halides is 3. The highest BCUT2D eigenvalue weighted by molar-refractivity contribution is 5.83. The van der Waals surface area contributed by atoms with E-state index in [2.05, 4.69) is 31.0 Å². The third-order valence-electron chi connectivity index (χ3n) is 4.20. The van der Waals surface area contributed by atoms with Gasteiger partial charge in [-0.05, 0) is 27.2 Å². The molecule has 154 valence electrons. The van der Waals surface area contributed by atoms with E-state index >= 15 is 0 Å². The van der Waals surface area contributed by atoms with E-state index in [1.165, 1.54) is 13.2 Å². The Morgan fingerprint density at radius 3 is 2.43 bits per heavy atom. The summed E-state index contributed by atoms with van der Waals surface area (Å²) >= 11 is 0. The highest BCUT2D eigenvalue weighted by atomic mass is 19.4. The average molecular weight is 399 g/mol. The minimum absolute atomic E-state index is 0.0117. The molecule has 0 aliphatic heterocycles. The molecule has 2 heterocycles. The second kappa shape index (κ2) is 8.03. The Balaban J connectivity index is 2.38. The smallest absolute Gasteiger partial charge is 0.372 e. The van der Waals surface area contributed by atoms with Crippen molar-refractivity contribution in [3.05, 3.63) is 23.7 Å². The number of carbonyl (C=O) groups excluding carboxylic acids is 1. The molecule has 2 aromatic rings. The summed E-state index contributed by atoms with van der Waals surface area (Å²) in [5, 5.41) is 12.4. The molecule has 0 spiro atoms. The molecule has 1 amide bonds. The van der Waals surface area contributed by atoms with Crippen molar-refractivity contribution in [1.82, 2.24) is 25.1 Å². The molecule has 8 nitrogen and oxygen atoms in total. The fourth-order valence-corrected chi connectivity index (χ4v) is 2.73. The summed E-state index contributed by atoms with van der Waals surface area (Å²) < 4.78 is 40.6. The molecular formula is C17H24F3N7O. The van der Waals surface area contributed by atoms with Gasteiger partial charge < -0.3 is 16.0 Å². The van der Waals surface area contributed by atoms with Crippen molar-refractivity contribution in [2.75, 3.05) is 24.2 Å². The molecule has 28 heavy (non-hydrogen) atoms. The van der Waals surface area contributed by atoms with Crippen molar-refractivity contribution < 1.29 is 18.0 Å². The Kier molecular flexibility index (Phi) is 6.15. The minimum atomic E-state index is -4.56. The summed E-state index contributed by atoms with van der Waals surface area (Å²) in [6, 6.07) is 0. The number of amides is 1. The first kappa shape index (κ1) is 21.5. The van der Waals surface area contributed by atoms with Gasteiger partial charge in [-0.25, -0.2) is 4.98 Å².